The first-order valence-corrected chi connectivity index (χ1v) is 4.22. The molecule has 2 unspecified atom stereocenters. The second kappa shape index (κ2) is 3.45. The van der Waals surface area contributed by atoms with E-state index in [-0.39, 0.29) is 0 Å². The van der Waals surface area contributed by atoms with E-state index in [1.54, 1.807) is 6.92 Å². The van der Waals surface area contributed by atoms with E-state index in [9.17, 15) is 4.79 Å². The van der Waals surface area contributed by atoms with Crippen molar-refractivity contribution in [2.24, 2.45) is 0 Å². The summed E-state index contributed by atoms with van der Waals surface area (Å²) < 4.78 is 2.20. The number of hydrogen-bond acceptors (Lipinski definition) is 2. The second-order valence-corrected chi connectivity index (χ2v) is 3.60. The highest BCUT2D eigenvalue weighted by molar-refractivity contribution is 7.13. The first kappa shape index (κ1) is 8.16. The van der Waals surface area contributed by atoms with Crippen molar-refractivity contribution in [3.63, 3.8) is 0 Å². The normalized spacial score (nSPS) is 27.2. The Bertz CT molecular complexity index is 138. The third kappa shape index (κ3) is 2.03. The number of ketones is 1. The standard InChI is InChI=1S/C7H14NOP/c1-6(9)5-7-3-2-4-8(7)10/h7H,2-5,10H2,1H3. The maximum Gasteiger partial charge on any atom is 0.131 e. The number of carbonyl (C=O) groups is 1. The minimum Gasteiger partial charge on any atom is -0.300 e. The van der Waals surface area contributed by atoms with E-state index in [1.807, 2.05) is 0 Å². The molecule has 3 heteroatoms. The highest BCUT2D eigenvalue weighted by Gasteiger charge is 2.21. The number of carbonyl (C=O) groups excluding carboxylic acids is 1. The largest absolute Gasteiger partial charge is 0.300 e. The third-order valence-electron chi connectivity index (χ3n) is 1.95. The van der Waals surface area contributed by atoms with Gasteiger partial charge in [0.2, 0.25) is 0 Å². The Morgan fingerprint density at radius 2 is 2.50 bits per heavy atom. The van der Waals surface area contributed by atoms with E-state index in [4.69, 9.17) is 0 Å². The van der Waals surface area contributed by atoms with Crippen LogP contribution in [0.2, 0.25) is 0 Å². The van der Waals surface area contributed by atoms with Gasteiger partial charge in [-0.3, -0.25) is 9.46 Å². The molecule has 0 aromatic heterocycles. The fourth-order valence-electron chi connectivity index (χ4n) is 1.41. The zero-order chi connectivity index (χ0) is 7.56. The second-order valence-electron chi connectivity index (χ2n) is 2.94. The predicted molar refractivity (Wildman–Crippen MR) is 44.7 cm³/mol. The van der Waals surface area contributed by atoms with Crippen molar-refractivity contribution in [1.29, 1.82) is 0 Å². The van der Waals surface area contributed by atoms with Gasteiger partial charge < -0.3 is 0 Å². The van der Waals surface area contributed by atoms with E-state index in [1.165, 1.54) is 12.8 Å². The molecule has 0 bridgehead atoms. The number of Topliss-reactive ketones (excluding diaryl/α,β-unsaturated/α-hetero) is 1. The summed E-state index contributed by atoms with van der Waals surface area (Å²) in [5, 5.41) is 0. The van der Waals surface area contributed by atoms with Crippen molar-refractivity contribution in [2.45, 2.75) is 32.2 Å². The maximum atomic E-state index is 10.7. The van der Waals surface area contributed by atoms with Crippen LogP contribution < -0.4 is 0 Å². The quantitative estimate of drug-likeness (QED) is 0.564. The third-order valence-corrected chi connectivity index (χ3v) is 2.63. The number of rotatable bonds is 2. The minimum absolute atomic E-state index is 0.305. The van der Waals surface area contributed by atoms with Crippen LogP contribution in [0.5, 0.6) is 0 Å². The highest BCUT2D eigenvalue weighted by atomic mass is 31.0. The van der Waals surface area contributed by atoms with Gasteiger partial charge in [0, 0.05) is 19.0 Å². The molecule has 1 saturated heterocycles. The van der Waals surface area contributed by atoms with E-state index < -0.39 is 0 Å². The van der Waals surface area contributed by atoms with E-state index >= 15 is 0 Å². The van der Waals surface area contributed by atoms with Crippen LogP contribution >= 0.6 is 9.39 Å². The lowest BCUT2D eigenvalue weighted by atomic mass is 10.1. The molecule has 0 N–H and O–H groups in total. The van der Waals surface area contributed by atoms with Crippen molar-refractivity contribution in [1.82, 2.24) is 4.67 Å². The molecule has 0 amide bonds. The molecule has 1 aliphatic heterocycles. The Morgan fingerprint density at radius 1 is 1.80 bits per heavy atom. The molecule has 1 heterocycles. The Balaban J connectivity index is 2.33. The van der Waals surface area contributed by atoms with Gasteiger partial charge in [0.15, 0.2) is 0 Å². The molecule has 1 rings (SSSR count). The summed E-state index contributed by atoms with van der Waals surface area (Å²) in [7, 11) is 2.68. The molecule has 0 spiro atoms. The summed E-state index contributed by atoms with van der Waals surface area (Å²) in [5.41, 5.74) is 0. The molecule has 58 valence electrons. The first-order valence-electron chi connectivity index (χ1n) is 3.71. The van der Waals surface area contributed by atoms with Crippen LogP contribution in [-0.4, -0.2) is 23.0 Å². The summed E-state index contributed by atoms with van der Waals surface area (Å²) in [6.07, 6.45) is 3.15. The van der Waals surface area contributed by atoms with Crippen LogP contribution in [0.3, 0.4) is 0 Å². The Kier molecular flexibility index (Phi) is 2.82. The van der Waals surface area contributed by atoms with E-state index in [0.717, 1.165) is 13.0 Å². The molecule has 10 heavy (non-hydrogen) atoms. The van der Waals surface area contributed by atoms with Gasteiger partial charge in [-0.15, -0.1) is 0 Å². The van der Waals surface area contributed by atoms with Gasteiger partial charge in [-0.1, -0.05) is 9.39 Å². The molecule has 0 radical (unpaired) electrons. The molecular weight excluding hydrogens is 145 g/mol. The summed E-state index contributed by atoms with van der Waals surface area (Å²) in [6, 6.07) is 0.502. The topological polar surface area (TPSA) is 20.3 Å². The van der Waals surface area contributed by atoms with Gasteiger partial charge in [0.1, 0.15) is 5.78 Å². The smallest absolute Gasteiger partial charge is 0.131 e. The first-order chi connectivity index (χ1) is 4.70. The van der Waals surface area contributed by atoms with Crippen molar-refractivity contribution in [3.8, 4) is 0 Å². The number of hydrogen-bond donors (Lipinski definition) is 0. The maximum absolute atomic E-state index is 10.7. The Labute approximate surface area is 64.2 Å². The van der Waals surface area contributed by atoms with Crippen LogP contribution in [0.15, 0.2) is 0 Å². The van der Waals surface area contributed by atoms with Gasteiger partial charge in [-0.25, -0.2) is 0 Å². The van der Waals surface area contributed by atoms with Crippen LogP contribution in [0.1, 0.15) is 26.2 Å². The molecule has 2 nitrogen and oxygen atoms in total. The van der Waals surface area contributed by atoms with Crippen LogP contribution in [0.25, 0.3) is 0 Å². The molecule has 1 fully saturated rings. The van der Waals surface area contributed by atoms with Crippen molar-refractivity contribution in [3.05, 3.63) is 0 Å². The molecular formula is C7H14NOP. The fourth-order valence-corrected chi connectivity index (χ4v) is 1.85. The predicted octanol–water partition coefficient (Wildman–Crippen LogP) is 1.22. The zero-order valence-electron chi connectivity index (χ0n) is 6.34. The molecule has 2 atom stereocenters. The van der Waals surface area contributed by atoms with Crippen molar-refractivity contribution < 1.29 is 4.79 Å². The lowest BCUT2D eigenvalue weighted by Gasteiger charge is -2.16. The number of nitrogens with zero attached hydrogens (tertiary/aromatic N) is 1. The molecule has 0 saturated carbocycles. The lowest BCUT2D eigenvalue weighted by Crippen LogP contribution is -2.21. The van der Waals surface area contributed by atoms with Crippen molar-refractivity contribution in [2.75, 3.05) is 6.54 Å². The van der Waals surface area contributed by atoms with Gasteiger partial charge in [-0.05, 0) is 19.8 Å². The summed E-state index contributed by atoms with van der Waals surface area (Å²) >= 11 is 0. The lowest BCUT2D eigenvalue weighted by molar-refractivity contribution is -0.117. The molecule has 0 aromatic carbocycles. The van der Waals surface area contributed by atoms with Crippen LogP contribution in [0.4, 0.5) is 0 Å². The Hall–Kier alpha value is 0.0600. The minimum atomic E-state index is 0.305. The van der Waals surface area contributed by atoms with Gasteiger partial charge in [-0.2, -0.15) is 0 Å². The summed E-state index contributed by atoms with van der Waals surface area (Å²) in [4.78, 5) is 10.7. The molecule has 0 aromatic rings. The van der Waals surface area contributed by atoms with Crippen LogP contribution in [0, 0.1) is 0 Å². The average molecular weight is 159 g/mol. The van der Waals surface area contributed by atoms with E-state index in [0.29, 0.717) is 11.8 Å². The van der Waals surface area contributed by atoms with Gasteiger partial charge in [0.05, 0.1) is 0 Å². The zero-order valence-corrected chi connectivity index (χ0v) is 7.49. The highest BCUT2D eigenvalue weighted by Crippen LogP contribution is 2.23. The summed E-state index contributed by atoms with van der Waals surface area (Å²) in [6.45, 7) is 2.79. The van der Waals surface area contributed by atoms with Gasteiger partial charge in [0.25, 0.3) is 0 Å². The monoisotopic (exact) mass is 159 g/mol. The SMILES string of the molecule is CC(=O)CC1CCCN1P. The van der Waals surface area contributed by atoms with E-state index in [2.05, 4.69) is 14.1 Å². The summed E-state index contributed by atoms with van der Waals surface area (Å²) in [5.74, 6) is 0.305. The average Bonchev–Trinajstić information content (AvgIpc) is 2.15. The van der Waals surface area contributed by atoms with Gasteiger partial charge >= 0.3 is 0 Å². The van der Waals surface area contributed by atoms with Crippen LogP contribution in [-0.2, 0) is 4.79 Å². The molecule has 1 aliphatic rings. The Morgan fingerprint density at radius 3 is 2.90 bits per heavy atom. The molecule has 0 aliphatic carbocycles. The van der Waals surface area contributed by atoms with Crippen molar-refractivity contribution >= 4 is 15.2 Å². The fraction of sp³-hybridized carbons (Fsp3) is 0.857.